The van der Waals surface area contributed by atoms with Crippen LogP contribution in [0.1, 0.15) is 29.2 Å². The number of hydrogen-bond donors (Lipinski definition) is 0. The fraction of sp³-hybridized carbons (Fsp3) is 0.462. The first-order valence-corrected chi connectivity index (χ1v) is 13.5. The first kappa shape index (κ1) is 34.2. The average Bonchev–Trinajstić information content (AvgIpc) is 2.89. The molecule has 1 aliphatic rings. The summed E-state index contributed by atoms with van der Waals surface area (Å²) in [6, 6.07) is 4.13. The Labute approximate surface area is 246 Å². The Kier molecular flexibility index (Phi) is 11.9. The molecule has 1 aliphatic heterocycles. The molecule has 225 valence electrons. The van der Waals surface area contributed by atoms with Crippen LogP contribution in [0.25, 0.3) is 0 Å². The third-order valence-electron chi connectivity index (χ3n) is 6.08. The Bertz CT molecular complexity index is 1190. The summed E-state index contributed by atoms with van der Waals surface area (Å²) < 4.78 is 99.9. The molecule has 0 aromatic heterocycles. The minimum Gasteiger partial charge on any atom is -0.493 e. The zero-order valence-corrected chi connectivity index (χ0v) is 25.8. The summed E-state index contributed by atoms with van der Waals surface area (Å²) in [7, 11) is 5.74. The van der Waals surface area contributed by atoms with Gasteiger partial charge in [0.1, 0.15) is 0 Å². The van der Waals surface area contributed by atoms with Crippen LogP contribution < -0.4 is 14.4 Å². The summed E-state index contributed by atoms with van der Waals surface area (Å²) in [6.45, 7) is 2.02. The quantitative estimate of drug-likeness (QED) is 0.284. The van der Waals surface area contributed by atoms with Crippen molar-refractivity contribution in [2.45, 2.75) is 38.3 Å². The van der Waals surface area contributed by atoms with Gasteiger partial charge in [-0.3, -0.25) is 4.90 Å². The second-order valence-electron chi connectivity index (χ2n) is 8.77. The fourth-order valence-electron chi connectivity index (χ4n) is 4.36. The van der Waals surface area contributed by atoms with Gasteiger partial charge in [-0.15, -0.1) is 0 Å². The topological polar surface area (TPSA) is 77.5 Å². The Morgan fingerprint density at radius 2 is 1.59 bits per heavy atom. The number of anilines is 1. The molecular formula is C26H29F6N2O6Sn. The summed E-state index contributed by atoms with van der Waals surface area (Å²) in [6.07, 6.45) is -10.7. The van der Waals surface area contributed by atoms with Gasteiger partial charge in [-0.2, -0.15) is 26.3 Å². The van der Waals surface area contributed by atoms with E-state index in [1.807, 2.05) is 4.90 Å². The largest absolute Gasteiger partial charge is 0.493 e. The molecule has 0 spiro atoms. The zero-order valence-electron chi connectivity index (χ0n) is 22.9. The second-order valence-corrected chi connectivity index (χ2v) is 9.93. The number of ether oxygens (including phenoxy) is 4. The molecule has 15 heteroatoms. The van der Waals surface area contributed by atoms with Gasteiger partial charge >= 0.3 is 68.0 Å². The van der Waals surface area contributed by atoms with E-state index in [0.717, 1.165) is 40.2 Å². The molecule has 3 rings (SSSR count). The maximum absolute atomic E-state index is 13.3. The molecule has 41 heavy (non-hydrogen) atoms. The Balaban J connectivity index is 0.000000883. The normalized spacial score (nSPS) is 14.7. The van der Waals surface area contributed by atoms with E-state index in [1.54, 1.807) is 26.1 Å². The van der Waals surface area contributed by atoms with E-state index in [4.69, 9.17) is 14.2 Å². The van der Waals surface area contributed by atoms with Gasteiger partial charge in [0.2, 0.25) is 0 Å². The monoisotopic (exact) mass is 699 g/mol. The van der Waals surface area contributed by atoms with Gasteiger partial charge < -0.3 is 19.1 Å². The third-order valence-corrected chi connectivity index (χ3v) is 6.50. The van der Waals surface area contributed by atoms with Crippen molar-refractivity contribution in [1.29, 1.82) is 0 Å². The molecular weight excluding hydrogens is 669 g/mol. The van der Waals surface area contributed by atoms with Crippen molar-refractivity contribution in [1.82, 2.24) is 4.90 Å². The molecule has 2 aromatic carbocycles. The Morgan fingerprint density at radius 1 is 1.00 bits per heavy atom. The molecule has 0 bridgehead atoms. The number of benzene rings is 2. The average molecular weight is 698 g/mol. The van der Waals surface area contributed by atoms with E-state index in [0.29, 0.717) is 35.8 Å². The molecule has 0 unspecified atom stereocenters. The standard InChI is InChI=1S/C23H24F6N2O4.C3H5O2.Sn/c1-30-12-16(10-17-18(30)5-6-19(33-2)20(17)34-3)31(21(32)35-4)11-13-7-14(22(24,25)26)9-15(8-13)23(27,28)29;1-2-5-3-4;/h5-9,16H,10-12H2,1-4H3;2H2,1H3;/t16-;;/m0../s1. The number of amides is 1. The predicted molar refractivity (Wildman–Crippen MR) is 137 cm³/mol. The zero-order chi connectivity index (χ0) is 31.1. The second kappa shape index (κ2) is 14.2. The van der Waals surface area contributed by atoms with E-state index < -0.39 is 42.2 Å². The van der Waals surface area contributed by atoms with E-state index in [1.165, 1.54) is 14.2 Å². The number of rotatable bonds is 6. The molecule has 0 aliphatic carbocycles. The van der Waals surface area contributed by atoms with Gasteiger partial charge in [0.15, 0.2) is 11.5 Å². The number of carbonyl (C=O) groups is 2. The van der Waals surface area contributed by atoms with Crippen LogP contribution in [-0.4, -0.2) is 85.1 Å². The van der Waals surface area contributed by atoms with Gasteiger partial charge in [-0.25, -0.2) is 4.79 Å². The summed E-state index contributed by atoms with van der Waals surface area (Å²) in [5.41, 5.74) is -1.76. The van der Waals surface area contributed by atoms with E-state index in [-0.39, 0.29) is 28.6 Å². The number of methoxy groups -OCH3 is 3. The molecule has 0 saturated heterocycles. The summed E-state index contributed by atoms with van der Waals surface area (Å²) in [4.78, 5) is 25.5. The van der Waals surface area contributed by atoms with Crippen LogP contribution in [0.2, 0.25) is 0 Å². The minimum absolute atomic E-state index is 0.0494. The number of fused-ring (bicyclic) bond motifs is 1. The van der Waals surface area contributed by atoms with Crippen LogP contribution >= 0.6 is 0 Å². The van der Waals surface area contributed by atoms with Crippen LogP contribution in [-0.2, 0) is 34.8 Å². The van der Waals surface area contributed by atoms with Crippen molar-refractivity contribution in [3.05, 3.63) is 52.6 Å². The van der Waals surface area contributed by atoms with Gasteiger partial charge in [0.05, 0.1) is 38.5 Å². The molecule has 1 heterocycles. The third kappa shape index (κ3) is 8.97. The van der Waals surface area contributed by atoms with Gasteiger partial charge in [0, 0.05) is 37.8 Å². The number of hydrogen-bond acceptors (Lipinski definition) is 7. The van der Waals surface area contributed by atoms with Crippen molar-refractivity contribution in [3.63, 3.8) is 0 Å². The number of alkyl halides is 6. The summed E-state index contributed by atoms with van der Waals surface area (Å²) in [5, 5.41) is 0. The van der Waals surface area contributed by atoms with Crippen molar-refractivity contribution >= 4 is 38.3 Å². The van der Waals surface area contributed by atoms with E-state index in [2.05, 4.69) is 4.74 Å². The number of likely N-dealkylation sites (N-methyl/N-ethyl adjacent to an activating group) is 1. The molecule has 1 atom stereocenters. The predicted octanol–water partition coefficient (Wildman–Crippen LogP) is 5.68. The minimum atomic E-state index is -5.00. The van der Waals surface area contributed by atoms with Crippen molar-refractivity contribution in [3.8, 4) is 11.5 Å². The van der Waals surface area contributed by atoms with Crippen LogP contribution in [0.5, 0.6) is 11.5 Å². The van der Waals surface area contributed by atoms with E-state index in [9.17, 15) is 35.9 Å². The van der Waals surface area contributed by atoms with Crippen molar-refractivity contribution in [2.75, 3.05) is 46.4 Å². The van der Waals surface area contributed by atoms with Crippen LogP contribution in [0.4, 0.5) is 41.6 Å². The van der Waals surface area contributed by atoms with Gasteiger partial charge in [-0.05, 0) is 35.9 Å². The number of nitrogens with zero attached hydrogens (tertiary/aromatic N) is 2. The van der Waals surface area contributed by atoms with Crippen molar-refractivity contribution in [2.24, 2.45) is 0 Å². The molecule has 0 fully saturated rings. The first-order chi connectivity index (χ1) is 19.1. The molecule has 2 aromatic rings. The summed E-state index contributed by atoms with van der Waals surface area (Å²) in [5.74, 6) is 0.863. The van der Waals surface area contributed by atoms with Crippen LogP contribution in [0.3, 0.4) is 0 Å². The number of halogens is 6. The Morgan fingerprint density at radius 3 is 2.00 bits per heavy atom. The molecule has 1 amide bonds. The first-order valence-electron chi connectivity index (χ1n) is 12.0. The van der Waals surface area contributed by atoms with Crippen LogP contribution in [0.15, 0.2) is 30.3 Å². The maximum atomic E-state index is 13.3. The number of carbonyl (C=O) groups excluding carboxylic acids is 2. The Hall–Kier alpha value is -3.04. The van der Waals surface area contributed by atoms with Crippen molar-refractivity contribution < 1.29 is 54.9 Å². The van der Waals surface area contributed by atoms with Gasteiger partial charge in [-0.1, -0.05) is 0 Å². The molecule has 8 nitrogen and oxygen atoms in total. The molecule has 0 N–H and O–H groups in total. The maximum Gasteiger partial charge on any atom is 0.416 e. The summed E-state index contributed by atoms with van der Waals surface area (Å²) >= 11 is 0.825. The van der Waals surface area contributed by atoms with Crippen LogP contribution in [0, 0.1) is 0 Å². The molecule has 0 saturated carbocycles. The van der Waals surface area contributed by atoms with E-state index >= 15 is 0 Å². The van der Waals surface area contributed by atoms with Gasteiger partial charge in [0.25, 0.3) is 0 Å². The fourth-order valence-corrected chi connectivity index (χ4v) is 4.77. The molecule has 3 radical (unpaired) electrons. The smallest absolute Gasteiger partial charge is 0.416 e. The SMILES string of the molecule is CCO[C](=O)[Sn].COC(=O)N(Cc1cc(C(F)(F)F)cc(C(F)(F)F)c1)[C@H]1Cc2c(ccc(OC)c2OC)N(C)C1.